The van der Waals surface area contributed by atoms with Crippen LogP contribution in [0.2, 0.25) is 0 Å². The lowest BCUT2D eigenvalue weighted by Gasteiger charge is -2.33. The highest BCUT2D eigenvalue weighted by Gasteiger charge is 2.29. The van der Waals surface area contributed by atoms with Gasteiger partial charge < -0.3 is 20.7 Å². The summed E-state index contributed by atoms with van der Waals surface area (Å²) in [6, 6.07) is 7.79. The molecule has 7 heteroatoms. The number of benzene rings is 1. The third-order valence-electron chi connectivity index (χ3n) is 4.74. The van der Waals surface area contributed by atoms with Crippen molar-refractivity contribution in [1.29, 1.82) is 0 Å². The van der Waals surface area contributed by atoms with Gasteiger partial charge in [0.05, 0.1) is 13.0 Å². The van der Waals surface area contributed by atoms with E-state index in [1.54, 1.807) is 7.11 Å². The number of nitrogens with two attached hydrogens (primary N) is 1. The Morgan fingerprint density at radius 3 is 2.81 bits per heavy atom. The normalized spacial score (nSPS) is 17.8. The van der Waals surface area contributed by atoms with Crippen molar-refractivity contribution >= 4 is 24.2 Å². The van der Waals surface area contributed by atoms with Gasteiger partial charge in [0, 0.05) is 32.6 Å². The van der Waals surface area contributed by atoms with E-state index in [2.05, 4.69) is 5.32 Å². The molecule has 0 spiro atoms. The summed E-state index contributed by atoms with van der Waals surface area (Å²) >= 11 is 0. The lowest BCUT2D eigenvalue weighted by Crippen LogP contribution is -2.46. The van der Waals surface area contributed by atoms with Crippen molar-refractivity contribution in [2.24, 2.45) is 11.7 Å². The molecule has 1 aromatic rings. The highest BCUT2D eigenvalue weighted by Crippen LogP contribution is 2.29. The minimum atomic E-state index is -0.134. The Labute approximate surface area is 161 Å². The first-order chi connectivity index (χ1) is 12.1. The molecule has 0 aromatic heterocycles. The second-order valence-electron chi connectivity index (χ2n) is 6.61. The molecule has 1 fully saturated rings. The number of hydrogen-bond acceptors (Lipinski definition) is 4. The van der Waals surface area contributed by atoms with Crippen LogP contribution in [0.25, 0.3) is 0 Å². The number of methoxy groups -OCH3 is 1. The average molecular weight is 384 g/mol. The Morgan fingerprint density at radius 1 is 1.38 bits per heavy atom. The number of nitrogens with zero attached hydrogens (tertiary/aromatic N) is 1. The number of likely N-dealkylation sites (tertiary alicyclic amines) is 1. The van der Waals surface area contributed by atoms with Crippen LogP contribution in [0, 0.1) is 5.92 Å². The molecule has 0 saturated carbocycles. The molecular weight excluding hydrogens is 354 g/mol. The summed E-state index contributed by atoms with van der Waals surface area (Å²) in [4.78, 5) is 26.6. The Hall–Kier alpha value is -1.79. The highest BCUT2D eigenvalue weighted by molar-refractivity contribution is 5.85. The van der Waals surface area contributed by atoms with E-state index in [0.29, 0.717) is 26.1 Å². The minimum Gasteiger partial charge on any atom is -0.496 e. The van der Waals surface area contributed by atoms with Crippen molar-refractivity contribution < 1.29 is 14.3 Å². The summed E-state index contributed by atoms with van der Waals surface area (Å²) < 4.78 is 5.39. The zero-order valence-electron chi connectivity index (χ0n) is 15.6. The van der Waals surface area contributed by atoms with E-state index in [4.69, 9.17) is 10.5 Å². The molecule has 6 nitrogen and oxygen atoms in total. The smallest absolute Gasteiger partial charge is 0.224 e. The van der Waals surface area contributed by atoms with E-state index in [0.717, 1.165) is 30.7 Å². The van der Waals surface area contributed by atoms with Crippen LogP contribution in [0.1, 0.15) is 37.7 Å². The first kappa shape index (κ1) is 22.3. The number of carbonyl (C=O) groups excluding carboxylic acids is 2. The fraction of sp³-hybridized carbons (Fsp3) is 0.579. The number of ether oxygens (including phenoxy) is 1. The number of piperidine rings is 1. The summed E-state index contributed by atoms with van der Waals surface area (Å²) in [5.41, 5.74) is 6.46. The fourth-order valence-corrected chi connectivity index (χ4v) is 3.33. The Balaban J connectivity index is 0.00000338. The zero-order chi connectivity index (χ0) is 18.2. The largest absolute Gasteiger partial charge is 0.496 e. The molecule has 0 bridgehead atoms. The van der Waals surface area contributed by atoms with Crippen LogP contribution >= 0.6 is 12.4 Å². The van der Waals surface area contributed by atoms with Gasteiger partial charge in [-0.1, -0.05) is 25.1 Å². The fourth-order valence-electron chi connectivity index (χ4n) is 3.33. The lowest BCUT2D eigenvalue weighted by atomic mass is 9.93. The number of hydrogen-bond donors (Lipinski definition) is 2. The van der Waals surface area contributed by atoms with Gasteiger partial charge in [-0.05, 0) is 30.4 Å². The van der Waals surface area contributed by atoms with Crippen LogP contribution in [-0.4, -0.2) is 50.0 Å². The lowest BCUT2D eigenvalue weighted by molar-refractivity contribution is -0.136. The number of nitrogens with one attached hydrogen (secondary N) is 1. The number of amides is 2. The number of rotatable bonds is 7. The van der Waals surface area contributed by atoms with E-state index in [-0.39, 0.29) is 36.1 Å². The van der Waals surface area contributed by atoms with Gasteiger partial charge >= 0.3 is 0 Å². The molecule has 2 rings (SSSR count). The van der Waals surface area contributed by atoms with Gasteiger partial charge in [0.1, 0.15) is 5.75 Å². The molecule has 2 atom stereocenters. The van der Waals surface area contributed by atoms with Crippen molar-refractivity contribution in [2.75, 3.05) is 33.3 Å². The molecule has 1 aliphatic rings. The average Bonchev–Trinajstić information content (AvgIpc) is 2.65. The van der Waals surface area contributed by atoms with Gasteiger partial charge in [-0.2, -0.15) is 0 Å². The third-order valence-corrected chi connectivity index (χ3v) is 4.74. The van der Waals surface area contributed by atoms with E-state index < -0.39 is 0 Å². The molecule has 26 heavy (non-hydrogen) atoms. The Kier molecular flexibility index (Phi) is 9.44. The standard InChI is InChI=1S/C19H29N3O3.ClH/c1-14(16-7-3-4-8-17(16)25-2)12-18(23)22-11-5-6-15(13-22)19(24)21-10-9-20;/h3-4,7-8,14-15H,5-6,9-13,20H2,1-2H3,(H,21,24);1H. The summed E-state index contributed by atoms with van der Waals surface area (Å²) in [5, 5.41) is 2.82. The molecule has 1 heterocycles. The van der Waals surface area contributed by atoms with Gasteiger partial charge in [-0.3, -0.25) is 9.59 Å². The molecule has 0 radical (unpaired) electrons. The van der Waals surface area contributed by atoms with E-state index in [1.165, 1.54) is 0 Å². The summed E-state index contributed by atoms with van der Waals surface area (Å²) in [7, 11) is 1.64. The summed E-state index contributed by atoms with van der Waals surface area (Å²) in [6.07, 6.45) is 2.09. The molecule has 1 saturated heterocycles. The first-order valence-electron chi connectivity index (χ1n) is 8.95. The maximum Gasteiger partial charge on any atom is 0.224 e. The van der Waals surface area contributed by atoms with Gasteiger partial charge in [0.2, 0.25) is 11.8 Å². The van der Waals surface area contributed by atoms with E-state index in [1.807, 2.05) is 36.1 Å². The quantitative estimate of drug-likeness (QED) is 0.753. The third kappa shape index (κ3) is 5.88. The van der Waals surface area contributed by atoms with Crippen LogP contribution in [0.5, 0.6) is 5.75 Å². The maximum absolute atomic E-state index is 12.7. The predicted octanol–water partition coefficient (Wildman–Crippen LogP) is 1.92. The second kappa shape index (κ2) is 11.0. The van der Waals surface area contributed by atoms with Gasteiger partial charge in [0.25, 0.3) is 0 Å². The molecule has 1 aromatic carbocycles. The summed E-state index contributed by atoms with van der Waals surface area (Å²) in [6.45, 7) is 4.16. The molecule has 2 amide bonds. The predicted molar refractivity (Wildman–Crippen MR) is 105 cm³/mol. The van der Waals surface area contributed by atoms with E-state index in [9.17, 15) is 9.59 Å². The van der Waals surface area contributed by atoms with Crippen LogP contribution in [0.3, 0.4) is 0 Å². The monoisotopic (exact) mass is 383 g/mol. The first-order valence-corrected chi connectivity index (χ1v) is 8.95. The molecule has 2 unspecified atom stereocenters. The topological polar surface area (TPSA) is 84.7 Å². The van der Waals surface area contributed by atoms with Crippen LogP contribution in [0.15, 0.2) is 24.3 Å². The minimum absolute atomic E-state index is 0. The maximum atomic E-state index is 12.7. The van der Waals surface area contributed by atoms with Crippen LogP contribution in [-0.2, 0) is 9.59 Å². The molecule has 146 valence electrons. The van der Waals surface area contributed by atoms with Crippen molar-refractivity contribution in [3.8, 4) is 5.75 Å². The molecule has 3 N–H and O–H groups in total. The van der Waals surface area contributed by atoms with Crippen LogP contribution in [0.4, 0.5) is 0 Å². The molecule has 1 aliphatic heterocycles. The molecule has 0 aliphatic carbocycles. The Morgan fingerprint density at radius 2 is 2.12 bits per heavy atom. The van der Waals surface area contributed by atoms with Crippen molar-refractivity contribution in [1.82, 2.24) is 10.2 Å². The van der Waals surface area contributed by atoms with Gasteiger partial charge in [0.15, 0.2) is 0 Å². The highest BCUT2D eigenvalue weighted by atomic mass is 35.5. The zero-order valence-corrected chi connectivity index (χ0v) is 16.4. The molecular formula is C19H30ClN3O3. The second-order valence-corrected chi connectivity index (χ2v) is 6.61. The van der Waals surface area contributed by atoms with Crippen molar-refractivity contribution in [3.63, 3.8) is 0 Å². The van der Waals surface area contributed by atoms with Crippen molar-refractivity contribution in [3.05, 3.63) is 29.8 Å². The van der Waals surface area contributed by atoms with E-state index >= 15 is 0 Å². The van der Waals surface area contributed by atoms with Gasteiger partial charge in [-0.25, -0.2) is 0 Å². The number of carbonyl (C=O) groups is 2. The van der Waals surface area contributed by atoms with Gasteiger partial charge in [-0.15, -0.1) is 12.4 Å². The summed E-state index contributed by atoms with van der Waals surface area (Å²) in [5.74, 6) is 0.830. The van der Waals surface area contributed by atoms with Crippen molar-refractivity contribution in [2.45, 2.75) is 32.1 Å². The van der Waals surface area contributed by atoms with Crippen LogP contribution < -0.4 is 15.8 Å². The SMILES string of the molecule is COc1ccccc1C(C)CC(=O)N1CCCC(C(=O)NCCN)C1.Cl. The Bertz CT molecular complexity index is 597. The number of para-hydroxylation sites is 1. The number of halogens is 1.